The monoisotopic (exact) mass is 753 g/mol. The third-order valence-electron chi connectivity index (χ3n) is 13.2. The molecule has 0 amide bonds. The smallest absolute Gasteiger partial charge is 0.193 e. The summed E-state index contributed by atoms with van der Waals surface area (Å²) in [7, 11) is 0.820. The Balaban J connectivity index is 1.08. The lowest BCUT2D eigenvalue weighted by Crippen LogP contribution is -2.36. The number of hydrogen-bond donors (Lipinski definition) is 1. The highest BCUT2D eigenvalue weighted by molar-refractivity contribution is 6.70. The SMILES string of the molecule is B1c2cccc3c2C(CCc2cc(-c4ccccc4)cc(-c4c(Nc5cccc6c5oc5ccccc56)ccc5c4oc4ccccc45)c21)c1ccc2ccccc2c1-3. The van der Waals surface area contributed by atoms with Crippen LogP contribution in [0.1, 0.15) is 29.0 Å². The topological polar surface area (TPSA) is 38.3 Å². The van der Waals surface area contributed by atoms with Crippen LogP contribution in [0.5, 0.6) is 0 Å². The molecule has 2 aliphatic rings. The predicted octanol–water partition coefficient (Wildman–Crippen LogP) is 13.2. The van der Waals surface area contributed by atoms with Crippen molar-refractivity contribution in [3.8, 4) is 33.4 Å². The molecule has 0 spiro atoms. The molecule has 13 rings (SSSR count). The summed E-state index contributed by atoms with van der Waals surface area (Å²) in [5.74, 6) is 0.345. The molecule has 0 fully saturated rings. The van der Waals surface area contributed by atoms with Gasteiger partial charge in [0.15, 0.2) is 12.9 Å². The average molecular weight is 754 g/mol. The van der Waals surface area contributed by atoms with Crippen LogP contribution in [0.4, 0.5) is 11.4 Å². The second-order valence-electron chi connectivity index (χ2n) is 16.3. The Morgan fingerprint density at radius 2 is 1.20 bits per heavy atom. The van der Waals surface area contributed by atoms with E-state index in [4.69, 9.17) is 8.83 Å². The lowest BCUT2D eigenvalue weighted by Gasteiger charge is -2.26. The van der Waals surface area contributed by atoms with Crippen LogP contribution in [-0.2, 0) is 6.42 Å². The van der Waals surface area contributed by atoms with Crippen molar-refractivity contribution in [3.05, 3.63) is 193 Å². The quantitative estimate of drug-likeness (QED) is 0.182. The third kappa shape index (κ3) is 4.90. The number of benzene rings is 9. The van der Waals surface area contributed by atoms with Crippen LogP contribution in [0.3, 0.4) is 0 Å². The minimum absolute atomic E-state index is 0.345. The summed E-state index contributed by atoms with van der Waals surface area (Å²) in [6.45, 7) is 0. The third-order valence-corrected chi connectivity index (χ3v) is 13.2. The first kappa shape index (κ1) is 32.8. The molecule has 0 saturated heterocycles. The number of fused-ring (bicyclic) bond motifs is 12. The van der Waals surface area contributed by atoms with Gasteiger partial charge in [-0.25, -0.2) is 0 Å². The Bertz CT molecular complexity index is 3520. The van der Waals surface area contributed by atoms with Crippen molar-refractivity contribution in [1.29, 1.82) is 0 Å². The van der Waals surface area contributed by atoms with Gasteiger partial charge in [-0.05, 0) is 99.0 Å². The average Bonchev–Trinajstić information content (AvgIpc) is 3.96. The molecular weight excluding hydrogens is 717 g/mol. The molecule has 2 aromatic heterocycles. The number of anilines is 2. The van der Waals surface area contributed by atoms with Gasteiger partial charge in [0.2, 0.25) is 0 Å². The van der Waals surface area contributed by atoms with E-state index in [0.717, 1.165) is 80.9 Å². The van der Waals surface area contributed by atoms with E-state index in [-0.39, 0.29) is 0 Å². The minimum Gasteiger partial charge on any atom is -0.455 e. The standard InChI is InChI=1S/C55H36BNO2/c1-2-12-32(13-3-1)35-30-34-25-27-40-39-26-24-33-14-4-5-15-36(33)50(39)43-19-10-20-45(51(40)43)56-53(34)44(31-35)52-46(29-28-42-38-17-7-9-23-49(38)59-55(42)52)57-47-21-11-18-41-37-16-6-8-22-48(37)58-54(41)47/h1-24,26,28-31,40,56-57H,25,27H2. The molecule has 1 aliphatic carbocycles. The lowest BCUT2D eigenvalue weighted by molar-refractivity contribution is 0.669. The van der Waals surface area contributed by atoms with Crippen molar-refractivity contribution in [2.75, 3.05) is 5.32 Å². The number of nitrogens with one attached hydrogen (secondary N) is 1. The molecule has 1 N–H and O–H groups in total. The fraction of sp³-hybridized carbons (Fsp3) is 0.0545. The van der Waals surface area contributed by atoms with Crippen molar-refractivity contribution in [2.45, 2.75) is 18.8 Å². The second-order valence-corrected chi connectivity index (χ2v) is 16.3. The Morgan fingerprint density at radius 1 is 0.492 bits per heavy atom. The van der Waals surface area contributed by atoms with E-state index in [1.165, 1.54) is 66.2 Å². The van der Waals surface area contributed by atoms with Gasteiger partial charge in [0.05, 0.1) is 11.4 Å². The van der Waals surface area contributed by atoms with E-state index in [9.17, 15) is 0 Å². The van der Waals surface area contributed by atoms with E-state index in [2.05, 4.69) is 169 Å². The van der Waals surface area contributed by atoms with Gasteiger partial charge in [0, 0.05) is 33.0 Å². The summed E-state index contributed by atoms with van der Waals surface area (Å²) in [6, 6.07) is 63.9. The van der Waals surface area contributed by atoms with Crippen LogP contribution < -0.4 is 16.2 Å². The second kappa shape index (κ2) is 12.6. The van der Waals surface area contributed by atoms with Crippen molar-refractivity contribution in [3.63, 3.8) is 0 Å². The Hall–Kier alpha value is -7.30. The number of para-hydroxylation sites is 3. The Morgan fingerprint density at radius 3 is 2.05 bits per heavy atom. The van der Waals surface area contributed by atoms with Gasteiger partial charge in [-0.1, -0.05) is 156 Å². The molecule has 3 nitrogen and oxygen atoms in total. The van der Waals surface area contributed by atoms with Crippen molar-refractivity contribution >= 4 is 84.2 Å². The molecule has 276 valence electrons. The van der Waals surface area contributed by atoms with Gasteiger partial charge in [0.1, 0.15) is 16.7 Å². The summed E-state index contributed by atoms with van der Waals surface area (Å²) < 4.78 is 13.5. The normalized spacial score (nSPS) is 14.3. The first-order valence-electron chi connectivity index (χ1n) is 20.7. The first-order chi connectivity index (χ1) is 29.2. The number of aryl methyl sites for hydroxylation is 1. The van der Waals surface area contributed by atoms with Crippen LogP contribution in [0, 0.1) is 0 Å². The zero-order valence-electron chi connectivity index (χ0n) is 32.3. The van der Waals surface area contributed by atoms with Gasteiger partial charge in [-0.3, -0.25) is 0 Å². The zero-order valence-corrected chi connectivity index (χ0v) is 32.3. The summed E-state index contributed by atoms with van der Waals surface area (Å²) in [4.78, 5) is 0. The molecule has 4 heteroatoms. The molecule has 1 unspecified atom stereocenters. The van der Waals surface area contributed by atoms with E-state index in [1.807, 2.05) is 12.1 Å². The Labute approximate surface area is 341 Å². The zero-order chi connectivity index (χ0) is 38.6. The molecule has 9 aromatic carbocycles. The molecule has 0 saturated carbocycles. The summed E-state index contributed by atoms with van der Waals surface area (Å²) in [6.07, 6.45) is 2.00. The minimum atomic E-state index is 0.345. The number of hydrogen-bond acceptors (Lipinski definition) is 3. The van der Waals surface area contributed by atoms with Crippen LogP contribution in [0.2, 0.25) is 0 Å². The van der Waals surface area contributed by atoms with Crippen molar-refractivity contribution in [1.82, 2.24) is 0 Å². The van der Waals surface area contributed by atoms with Crippen LogP contribution in [0.15, 0.2) is 185 Å². The van der Waals surface area contributed by atoms with E-state index in [1.54, 1.807) is 0 Å². The van der Waals surface area contributed by atoms with Crippen LogP contribution in [-0.4, -0.2) is 7.28 Å². The largest absolute Gasteiger partial charge is 0.455 e. The van der Waals surface area contributed by atoms with Gasteiger partial charge < -0.3 is 14.2 Å². The maximum absolute atomic E-state index is 6.98. The molecule has 1 aliphatic heterocycles. The molecule has 59 heavy (non-hydrogen) atoms. The molecule has 0 radical (unpaired) electrons. The summed E-state index contributed by atoms with van der Waals surface area (Å²) >= 11 is 0. The van der Waals surface area contributed by atoms with Crippen molar-refractivity contribution < 1.29 is 8.83 Å². The number of furan rings is 2. The van der Waals surface area contributed by atoms with E-state index >= 15 is 0 Å². The van der Waals surface area contributed by atoms with Crippen LogP contribution in [0.25, 0.3) is 88.0 Å². The number of rotatable bonds is 4. The summed E-state index contributed by atoms with van der Waals surface area (Å²) in [5.41, 5.74) is 20.0. The fourth-order valence-corrected chi connectivity index (χ4v) is 10.6. The molecule has 1 atom stereocenters. The van der Waals surface area contributed by atoms with Crippen molar-refractivity contribution in [2.24, 2.45) is 0 Å². The maximum Gasteiger partial charge on any atom is 0.193 e. The summed E-state index contributed by atoms with van der Waals surface area (Å²) in [5, 5.41) is 11.0. The molecular formula is C55H36BNO2. The van der Waals surface area contributed by atoms with Gasteiger partial charge in [-0.2, -0.15) is 0 Å². The predicted molar refractivity (Wildman–Crippen MR) is 248 cm³/mol. The molecule has 11 aromatic rings. The Kier molecular flexibility index (Phi) is 7.00. The highest BCUT2D eigenvalue weighted by atomic mass is 16.3. The maximum atomic E-state index is 6.98. The lowest BCUT2D eigenvalue weighted by atomic mass is 9.56. The first-order valence-corrected chi connectivity index (χ1v) is 20.7. The fourth-order valence-electron chi connectivity index (χ4n) is 10.6. The highest BCUT2D eigenvalue weighted by Crippen LogP contribution is 2.50. The van der Waals surface area contributed by atoms with Gasteiger partial charge >= 0.3 is 0 Å². The molecule has 3 heterocycles. The van der Waals surface area contributed by atoms with Gasteiger partial charge in [0.25, 0.3) is 0 Å². The van der Waals surface area contributed by atoms with Crippen LogP contribution >= 0.6 is 0 Å². The van der Waals surface area contributed by atoms with E-state index < -0.39 is 0 Å². The van der Waals surface area contributed by atoms with Gasteiger partial charge in [-0.15, -0.1) is 0 Å². The van der Waals surface area contributed by atoms with E-state index in [0.29, 0.717) is 5.92 Å². The molecule has 0 bridgehead atoms. The highest BCUT2D eigenvalue weighted by Gasteiger charge is 2.34.